The van der Waals surface area contributed by atoms with Crippen molar-refractivity contribution in [1.82, 2.24) is 10.2 Å². The summed E-state index contributed by atoms with van der Waals surface area (Å²) in [4.78, 5) is 36.3. The number of fused-ring (bicyclic) bond motifs is 1. The third kappa shape index (κ3) is 2.76. The van der Waals surface area contributed by atoms with E-state index < -0.39 is 28.8 Å². The lowest BCUT2D eigenvalue weighted by atomic mass is 9.95. The highest BCUT2D eigenvalue weighted by Gasteiger charge is 2.60. The minimum atomic E-state index is -1.06. The molecule has 2 heterocycles. The molecule has 2 aliphatic heterocycles. The number of hydrogen-bond donors (Lipinski definition) is 3. The van der Waals surface area contributed by atoms with Gasteiger partial charge in [-0.05, 0) is 12.5 Å². The minimum absolute atomic E-state index is 0.134. The van der Waals surface area contributed by atoms with Gasteiger partial charge in [-0.25, -0.2) is 4.79 Å². The number of nitrogens with zero attached hydrogens (tertiary/aromatic N) is 1. The standard InChI is InChI=1S/C16H18N2O5S/c1-16(13(15(22)23)18-10(19)7-11(18)24-16)8-17-12(14(20)21)9-5-3-2-4-6-9/h2-6,11-13,17H,7-8H2,1H3,(H,20,21)(H,22,23)/t11-,12?,13+,16?/m1/s1. The summed E-state index contributed by atoms with van der Waals surface area (Å²) < 4.78 is -0.787. The Morgan fingerprint density at radius 2 is 2.04 bits per heavy atom. The molecule has 1 amide bonds. The largest absolute Gasteiger partial charge is 0.480 e. The summed E-state index contributed by atoms with van der Waals surface area (Å²) >= 11 is 1.42. The Hall–Kier alpha value is -2.06. The Morgan fingerprint density at radius 3 is 2.58 bits per heavy atom. The molecule has 1 aromatic carbocycles. The summed E-state index contributed by atoms with van der Waals surface area (Å²) in [5.74, 6) is -2.26. The molecule has 3 N–H and O–H groups in total. The molecule has 8 heteroatoms. The molecule has 0 saturated carbocycles. The SMILES string of the molecule is CC1(CNC(C(=O)O)c2ccccc2)S[C@@H]2CC(=O)N2[C@H]1C(=O)O. The number of carbonyl (C=O) groups excluding carboxylic acids is 1. The van der Waals surface area contributed by atoms with Crippen LogP contribution in [0.1, 0.15) is 24.9 Å². The number of carbonyl (C=O) groups is 3. The lowest BCUT2D eigenvalue weighted by Crippen LogP contribution is -2.59. The molecule has 7 nitrogen and oxygen atoms in total. The lowest BCUT2D eigenvalue weighted by molar-refractivity contribution is -0.157. The molecule has 2 aliphatic rings. The van der Waals surface area contributed by atoms with E-state index in [1.54, 1.807) is 37.3 Å². The topological polar surface area (TPSA) is 107 Å². The van der Waals surface area contributed by atoms with Crippen LogP contribution in [0.3, 0.4) is 0 Å². The second kappa shape index (κ2) is 6.10. The van der Waals surface area contributed by atoms with Gasteiger partial charge in [-0.3, -0.25) is 14.9 Å². The maximum atomic E-state index is 11.7. The molecule has 0 bridgehead atoms. The zero-order valence-corrected chi connectivity index (χ0v) is 13.8. The van der Waals surface area contributed by atoms with Gasteiger partial charge in [-0.2, -0.15) is 0 Å². The van der Waals surface area contributed by atoms with E-state index in [9.17, 15) is 24.6 Å². The molecule has 2 saturated heterocycles. The average molecular weight is 350 g/mol. The fourth-order valence-corrected chi connectivity index (χ4v) is 5.01. The van der Waals surface area contributed by atoms with Crippen molar-refractivity contribution in [3.63, 3.8) is 0 Å². The lowest BCUT2D eigenvalue weighted by Gasteiger charge is -2.37. The van der Waals surface area contributed by atoms with Crippen LogP contribution in [0.25, 0.3) is 0 Å². The van der Waals surface area contributed by atoms with E-state index in [4.69, 9.17) is 0 Å². The summed E-state index contributed by atoms with van der Waals surface area (Å²) in [6, 6.07) is 6.84. The smallest absolute Gasteiger partial charge is 0.327 e. The average Bonchev–Trinajstić information content (AvgIpc) is 2.76. The molecule has 0 radical (unpaired) electrons. The van der Waals surface area contributed by atoms with Gasteiger partial charge in [0.15, 0.2) is 0 Å². The van der Waals surface area contributed by atoms with Crippen LogP contribution in [0.5, 0.6) is 0 Å². The van der Waals surface area contributed by atoms with Crippen LogP contribution < -0.4 is 5.32 Å². The normalized spacial score (nSPS) is 29.7. The Balaban J connectivity index is 1.77. The fourth-order valence-electron chi connectivity index (χ4n) is 3.30. The molecule has 0 aromatic heterocycles. The number of rotatable bonds is 6. The summed E-state index contributed by atoms with van der Waals surface area (Å²) in [5.41, 5.74) is 0.600. The second-order valence-corrected chi connectivity index (χ2v) is 7.91. The Bertz CT molecular complexity index is 682. The van der Waals surface area contributed by atoms with Crippen LogP contribution >= 0.6 is 11.8 Å². The summed E-state index contributed by atoms with van der Waals surface area (Å²) in [6.45, 7) is 1.93. The van der Waals surface area contributed by atoms with Gasteiger partial charge in [0.25, 0.3) is 0 Å². The number of benzene rings is 1. The van der Waals surface area contributed by atoms with Gasteiger partial charge in [0.05, 0.1) is 16.5 Å². The minimum Gasteiger partial charge on any atom is -0.480 e. The van der Waals surface area contributed by atoms with Gasteiger partial charge in [0.2, 0.25) is 5.91 Å². The van der Waals surface area contributed by atoms with Crippen molar-refractivity contribution in [1.29, 1.82) is 0 Å². The number of thioether (sulfide) groups is 1. The van der Waals surface area contributed by atoms with Crippen molar-refractivity contribution in [3.05, 3.63) is 35.9 Å². The van der Waals surface area contributed by atoms with Crippen molar-refractivity contribution in [3.8, 4) is 0 Å². The number of nitrogens with one attached hydrogen (secondary N) is 1. The number of β-lactam (4-membered cyclic amide) rings is 1. The fraction of sp³-hybridized carbons (Fsp3) is 0.438. The van der Waals surface area contributed by atoms with Crippen LogP contribution in [-0.2, 0) is 14.4 Å². The third-order valence-corrected chi connectivity index (χ3v) is 6.05. The van der Waals surface area contributed by atoms with Crippen molar-refractivity contribution in [2.45, 2.75) is 35.5 Å². The highest BCUT2D eigenvalue weighted by atomic mass is 32.2. The van der Waals surface area contributed by atoms with E-state index in [-0.39, 0.29) is 17.8 Å². The number of amides is 1. The molecular formula is C16H18N2O5S. The van der Waals surface area contributed by atoms with Crippen LogP contribution in [0.2, 0.25) is 0 Å². The van der Waals surface area contributed by atoms with Gasteiger partial charge >= 0.3 is 11.9 Å². The highest BCUT2D eigenvalue weighted by molar-refractivity contribution is 8.01. The molecule has 3 rings (SSSR count). The monoisotopic (exact) mass is 350 g/mol. The van der Waals surface area contributed by atoms with E-state index in [1.807, 2.05) is 0 Å². The quantitative estimate of drug-likeness (QED) is 0.655. The Kier molecular flexibility index (Phi) is 4.27. The van der Waals surface area contributed by atoms with Gasteiger partial charge in [0, 0.05) is 6.54 Å². The first kappa shape index (κ1) is 16.8. The van der Waals surface area contributed by atoms with Crippen LogP contribution in [-0.4, -0.2) is 55.7 Å². The van der Waals surface area contributed by atoms with Crippen LogP contribution in [0, 0.1) is 0 Å². The van der Waals surface area contributed by atoms with Crippen LogP contribution in [0.4, 0.5) is 0 Å². The first-order chi connectivity index (χ1) is 11.3. The Morgan fingerprint density at radius 1 is 1.38 bits per heavy atom. The molecular weight excluding hydrogens is 332 g/mol. The van der Waals surface area contributed by atoms with E-state index in [1.165, 1.54) is 16.7 Å². The van der Waals surface area contributed by atoms with Gasteiger partial charge in [-0.1, -0.05) is 30.3 Å². The predicted octanol–water partition coefficient (Wildman–Crippen LogP) is 0.919. The van der Waals surface area contributed by atoms with E-state index in [2.05, 4.69) is 5.32 Å². The van der Waals surface area contributed by atoms with Crippen molar-refractivity contribution in [2.24, 2.45) is 0 Å². The molecule has 0 spiro atoms. The summed E-state index contributed by atoms with van der Waals surface area (Å²) in [6.07, 6.45) is 0.338. The number of aliphatic carboxylic acids is 2. The second-order valence-electron chi connectivity index (χ2n) is 6.19. The number of carboxylic acids is 2. The predicted molar refractivity (Wildman–Crippen MR) is 87.5 cm³/mol. The van der Waals surface area contributed by atoms with Gasteiger partial charge in [0.1, 0.15) is 12.1 Å². The zero-order valence-electron chi connectivity index (χ0n) is 13.0. The zero-order chi connectivity index (χ0) is 17.5. The molecule has 4 atom stereocenters. The molecule has 1 aromatic rings. The number of carboxylic acid groups (broad SMARTS) is 2. The van der Waals surface area contributed by atoms with Crippen LogP contribution in [0.15, 0.2) is 30.3 Å². The number of hydrogen-bond acceptors (Lipinski definition) is 5. The first-order valence-corrected chi connectivity index (χ1v) is 8.44. The van der Waals surface area contributed by atoms with Crippen molar-refractivity contribution < 1.29 is 24.6 Å². The molecule has 2 unspecified atom stereocenters. The molecule has 0 aliphatic carbocycles. The van der Waals surface area contributed by atoms with E-state index >= 15 is 0 Å². The molecule has 128 valence electrons. The molecule has 24 heavy (non-hydrogen) atoms. The van der Waals surface area contributed by atoms with Crippen molar-refractivity contribution >= 4 is 29.6 Å². The van der Waals surface area contributed by atoms with E-state index in [0.717, 1.165) is 0 Å². The highest BCUT2D eigenvalue weighted by Crippen LogP contribution is 2.50. The van der Waals surface area contributed by atoms with E-state index in [0.29, 0.717) is 12.0 Å². The van der Waals surface area contributed by atoms with Gasteiger partial charge in [-0.15, -0.1) is 11.8 Å². The van der Waals surface area contributed by atoms with Gasteiger partial charge < -0.3 is 15.1 Å². The maximum absolute atomic E-state index is 11.7. The first-order valence-electron chi connectivity index (χ1n) is 7.56. The summed E-state index contributed by atoms with van der Waals surface area (Å²) in [5, 5.41) is 21.8. The molecule has 2 fully saturated rings. The van der Waals surface area contributed by atoms with Crippen molar-refractivity contribution in [2.75, 3.05) is 6.54 Å². The summed E-state index contributed by atoms with van der Waals surface area (Å²) in [7, 11) is 0. The Labute approximate surface area is 143 Å². The maximum Gasteiger partial charge on any atom is 0.327 e. The third-order valence-electron chi connectivity index (χ3n) is 4.48.